The first-order chi connectivity index (χ1) is 13.0. The number of hydrogen-bond acceptors (Lipinski definition) is 4. The van der Waals surface area contributed by atoms with Crippen LogP contribution in [0.15, 0.2) is 54.7 Å². The predicted octanol–water partition coefficient (Wildman–Crippen LogP) is 2.19. The summed E-state index contributed by atoms with van der Waals surface area (Å²) in [5.41, 5.74) is 0.809. The Hall–Kier alpha value is -2.89. The van der Waals surface area contributed by atoms with Gasteiger partial charge in [-0.05, 0) is 37.1 Å². The molecule has 6 nitrogen and oxygen atoms in total. The number of likely N-dealkylation sites (tertiary alicyclic amines) is 1. The third kappa shape index (κ3) is 4.45. The first-order valence-electron chi connectivity index (χ1n) is 9.23. The van der Waals surface area contributed by atoms with Crippen molar-refractivity contribution in [3.63, 3.8) is 0 Å². The van der Waals surface area contributed by atoms with E-state index in [1.54, 1.807) is 30.1 Å². The largest absolute Gasteiger partial charge is 0.370 e. The minimum atomic E-state index is -0.817. The third-order valence-corrected chi connectivity index (χ3v) is 4.88. The van der Waals surface area contributed by atoms with Gasteiger partial charge in [-0.15, -0.1) is 0 Å². The van der Waals surface area contributed by atoms with Gasteiger partial charge in [0.25, 0.3) is 0 Å². The monoisotopic (exact) mass is 366 g/mol. The molecule has 1 aliphatic heterocycles. The predicted molar refractivity (Wildman–Crippen MR) is 105 cm³/mol. The summed E-state index contributed by atoms with van der Waals surface area (Å²) in [4.78, 5) is 33.5. The molecule has 27 heavy (non-hydrogen) atoms. The van der Waals surface area contributed by atoms with Crippen molar-refractivity contribution in [1.82, 2.24) is 14.8 Å². The number of hydrogen-bond donors (Lipinski definition) is 1. The molecule has 2 heterocycles. The first kappa shape index (κ1) is 18.9. The lowest BCUT2D eigenvalue weighted by Gasteiger charge is -2.44. The summed E-state index contributed by atoms with van der Waals surface area (Å²) in [7, 11) is 3.51. The van der Waals surface area contributed by atoms with Crippen LogP contribution in [0, 0.1) is 0 Å². The molecule has 1 aliphatic rings. The zero-order valence-electron chi connectivity index (χ0n) is 15.9. The number of anilines is 1. The average Bonchev–Trinajstić information content (AvgIpc) is 2.69. The van der Waals surface area contributed by atoms with Crippen molar-refractivity contribution in [3.8, 4) is 0 Å². The molecule has 6 heteroatoms. The molecule has 0 radical (unpaired) electrons. The van der Waals surface area contributed by atoms with Crippen LogP contribution in [0.1, 0.15) is 18.5 Å². The number of carbonyl (C=O) groups excluding carboxylic acids is 2. The van der Waals surface area contributed by atoms with E-state index in [0.717, 1.165) is 17.8 Å². The van der Waals surface area contributed by atoms with E-state index in [9.17, 15) is 9.59 Å². The Labute approximate surface area is 160 Å². The molecule has 1 saturated heterocycles. The van der Waals surface area contributed by atoms with Crippen molar-refractivity contribution in [2.75, 3.05) is 32.5 Å². The summed E-state index contributed by atoms with van der Waals surface area (Å²) < 4.78 is 0. The minimum Gasteiger partial charge on any atom is -0.370 e. The van der Waals surface area contributed by atoms with E-state index in [0.29, 0.717) is 19.5 Å². The number of rotatable bonds is 5. The number of pyridine rings is 1. The number of nitrogens with one attached hydrogen (secondary N) is 1. The van der Waals surface area contributed by atoms with Gasteiger partial charge in [0.2, 0.25) is 11.8 Å². The van der Waals surface area contributed by atoms with Gasteiger partial charge in [-0.1, -0.05) is 24.3 Å². The molecular formula is C21H26N4O2. The highest BCUT2D eigenvalue weighted by Gasteiger charge is 2.44. The molecule has 142 valence electrons. The van der Waals surface area contributed by atoms with Gasteiger partial charge in [-0.25, -0.2) is 0 Å². The fourth-order valence-electron chi connectivity index (χ4n) is 3.59. The quantitative estimate of drug-likeness (QED) is 0.881. The first-order valence-corrected chi connectivity index (χ1v) is 9.23. The van der Waals surface area contributed by atoms with E-state index < -0.39 is 5.54 Å². The highest BCUT2D eigenvalue weighted by molar-refractivity contribution is 5.91. The summed E-state index contributed by atoms with van der Waals surface area (Å²) >= 11 is 0. The van der Waals surface area contributed by atoms with E-state index >= 15 is 0 Å². The molecule has 0 bridgehead atoms. The highest BCUT2D eigenvalue weighted by Crippen LogP contribution is 2.28. The number of likely N-dealkylation sites (N-methyl/N-ethyl adjacent to an activating group) is 1. The molecule has 1 aromatic carbocycles. The molecule has 0 saturated carbocycles. The van der Waals surface area contributed by atoms with Gasteiger partial charge in [0, 0.05) is 38.2 Å². The lowest BCUT2D eigenvalue weighted by Crippen LogP contribution is -2.62. The maximum absolute atomic E-state index is 13.1. The molecule has 2 amide bonds. The van der Waals surface area contributed by atoms with Crippen molar-refractivity contribution in [3.05, 3.63) is 60.4 Å². The summed E-state index contributed by atoms with van der Waals surface area (Å²) in [6, 6.07) is 15.3. The second-order valence-corrected chi connectivity index (χ2v) is 7.19. The molecule has 1 aromatic heterocycles. The Morgan fingerprint density at radius 1 is 1.15 bits per heavy atom. The van der Waals surface area contributed by atoms with Gasteiger partial charge in [-0.2, -0.15) is 0 Å². The molecule has 2 aromatic rings. The second kappa shape index (κ2) is 8.20. The number of nitrogens with zero attached hydrogens (tertiary/aromatic N) is 3. The van der Waals surface area contributed by atoms with Crippen molar-refractivity contribution < 1.29 is 9.59 Å². The minimum absolute atomic E-state index is 0.000747. The summed E-state index contributed by atoms with van der Waals surface area (Å²) in [6.07, 6.45) is 3.40. The van der Waals surface area contributed by atoms with Crippen molar-refractivity contribution in [2.24, 2.45) is 0 Å². The van der Waals surface area contributed by atoms with Crippen LogP contribution in [0.4, 0.5) is 5.69 Å². The van der Waals surface area contributed by atoms with Gasteiger partial charge >= 0.3 is 0 Å². The van der Waals surface area contributed by atoms with Crippen LogP contribution in [-0.4, -0.2) is 59.3 Å². The van der Waals surface area contributed by atoms with E-state index in [2.05, 4.69) is 10.3 Å². The summed E-state index contributed by atoms with van der Waals surface area (Å²) in [5, 5.41) is 3.42. The van der Waals surface area contributed by atoms with Gasteiger partial charge in [0.15, 0.2) is 0 Å². The Bertz CT molecular complexity index is 779. The number of benzene rings is 1. The Morgan fingerprint density at radius 2 is 1.89 bits per heavy atom. The fraction of sp³-hybridized carbons (Fsp3) is 0.381. The fourth-order valence-corrected chi connectivity index (χ4v) is 3.59. The zero-order valence-corrected chi connectivity index (χ0v) is 15.9. The van der Waals surface area contributed by atoms with Gasteiger partial charge in [0.1, 0.15) is 5.54 Å². The van der Waals surface area contributed by atoms with E-state index in [4.69, 9.17) is 0 Å². The maximum atomic E-state index is 13.1. The highest BCUT2D eigenvalue weighted by atomic mass is 16.2. The lowest BCUT2D eigenvalue weighted by molar-refractivity contribution is -0.139. The molecule has 0 spiro atoms. The van der Waals surface area contributed by atoms with Gasteiger partial charge < -0.3 is 15.1 Å². The van der Waals surface area contributed by atoms with Crippen LogP contribution in [-0.2, 0) is 16.0 Å². The normalized spacial score (nSPS) is 19.4. The van der Waals surface area contributed by atoms with E-state index in [-0.39, 0.29) is 18.2 Å². The topological polar surface area (TPSA) is 65.5 Å². The van der Waals surface area contributed by atoms with Crippen LogP contribution in [0.2, 0.25) is 0 Å². The number of carbonyl (C=O) groups is 2. The van der Waals surface area contributed by atoms with Gasteiger partial charge in [0.05, 0.1) is 13.0 Å². The van der Waals surface area contributed by atoms with Crippen LogP contribution >= 0.6 is 0 Å². The van der Waals surface area contributed by atoms with Crippen molar-refractivity contribution in [2.45, 2.75) is 24.8 Å². The molecule has 1 unspecified atom stereocenters. The third-order valence-electron chi connectivity index (χ3n) is 4.88. The second-order valence-electron chi connectivity index (χ2n) is 7.19. The van der Waals surface area contributed by atoms with Crippen LogP contribution < -0.4 is 5.32 Å². The maximum Gasteiger partial charge on any atom is 0.249 e. The standard InChI is InChI=1S/C21H26N4O2/c1-24(2)20(27)21(23-17-9-4-3-5-10-17)12-8-14-25(16-21)19(26)15-18-11-6-7-13-22-18/h3-7,9-11,13,23H,8,12,14-16H2,1-2H3. The number of piperidine rings is 1. The van der Waals surface area contributed by atoms with Crippen molar-refractivity contribution >= 4 is 17.5 Å². The lowest BCUT2D eigenvalue weighted by atomic mass is 9.86. The molecule has 1 fully saturated rings. The SMILES string of the molecule is CN(C)C(=O)C1(Nc2ccccc2)CCCN(C(=O)Cc2ccccn2)C1. The Balaban J connectivity index is 1.81. The van der Waals surface area contributed by atoms with Crippen LogP contribution in [0.5, 0.6) is 0 Å². The molecule has 1 atom stereocenters. The molecular weight excluding hydrogens is 340 g/mol. The zero-order chi connectivity index (χ0) is 19.3. The summed E-state index contributed by atoms with van der Waals surface area (Å²) in [5.74, 6) is -0.0131. The van der Waals surface area contributed by atoms with Crippen LogP contribution in [0.3, 0.4) is 0 Å². The number of aromatic nitrogens is 1. The smallest absolute Gasteiger partial charge is 0.249 e. The van der Waals surface area contributed by atoms with E-state index in [1.165, 1.54) is 0 Å². The average molecular weight is 366 g/mol. The number of amides is 2. The van der Waals surface area contributed by atoms with Crippen LogP contribution in [0.25, 0.3) is 0 Å². The molecule has 1 N–H and O–H groups in total. The van der Waals surface area contributed by atoms with Gasteiger partial charge in [-0.3, -0.25) is 14.6 Å². The Kier molecular flexibility index (Phi) is 5.74. The Morgan fingerprint density at radius 3 is 2.56 bits per heavy atom. The van der Waals surface area contributed by atoms with Crippen molar-refractivity contribution in [1.29, 1.82) is 0 Å². The molecule has 3 rings (SSSR count). The summed E-state index contributed by atoms with van der Waals surface area (Å²) in [6.45, 7) is 1.01. The van der Waals surface area contributed by atoms with E-state index in [1.807, 2.05) is 48.5 Å². The molecule has 0 aliphatic carbocycles. The number of para-hydroxylation sites is 1.